The molecule has 9 heteroatoms. The Bertz CT molecular complexity index is 749. The van der Waals surface area contributed by atoms with Gasteiger partial charge in [-0.3, -0.25) is 19.9 Å². The number of halogens is 1. The average Bonchev–Trinajstić information content (AvgIpc) is 2.51. The number of non-ortho nitro benzene ring substituents is 1. The summed E-state index contributed by atoms with van der Waals surface area (Å²) in [6, 6.07) is 5.46. The number of nitrogens with zero attached hydrogens (tertiary/aromatic N) is 3. The third-order valence-electron chi connectivity index (χ3n) is 2.58. The summed E-state index contributed by atoms with van der Waals surface area (Å²) in [6.07, 6.45) is 4.01. The maximum Gasteiger partial charge on any atom is 0.272 e. The molecule has 22 heavy (non-hydrogen) atoms. The van der Waals surface area contributed by atoms with Gasteiger partial charge >= 0.3 is 0 Å². The number of hydrazone groups is 1. The van der Waals surface area contributed by atoms with Gasteiger partial charge in [0.2, 0.25) is 0 Å². The van der Waals surface area contributed by atoms with Gasteiger partial charge < -0.3 is 5.11 Å². The molecule has 0 bridgehead atoms. The molecule has 0 atom stereocenters. The second-order valence-electron chi connectivity index (χ2n) is 4.06. The number of nitro groups is 1. The van der Waals surface area contributed by atoms with Gasteiger partial charge in [-0.25, -0.2) is 5.43 Å². The van der Waals surface area contributed by atoms with E-state index < -0.39 is 10.8 Å². The van der Waals surface area contributed by atoms with Crippen LogP contribution in [-0.4, -0.2) is 27.1 Å². The molecule has 1 aromatic heterocycles. The lowest BCUT2D eigenvalue weighted by Crippen LogP contribution is -2.17. The van der Waals surface area contributed by atoms with Crippen LogP contribution in [0.25, 0.3) is 0 Å². The molecule has 112 valence electrons. The minimum atomic E-state index is -0.601. The van der Waals surface area contributed by atoms with Crippen LogP contribution in [0, 0.1) is 10.1 Å². The van der Waals surface area contributed by atoms with Crippen LogP contribution >= 0.6 is 15.9 Å². The fourth-order valence-electron chi connectivity index (χ4n) is 1.53. The van der Waals surface area contributed by atoms with Crippen LogP contribution in [0.15, 0.2) is 46.2 Å². The normalized spacial score (nSPS) is 10.6. The molecule has 2 rings (SSSR count). The Morgan fingerprint density at radius 3 is 2.91 bits per heavy atom. The first kappa shape index (κ1) is 15.6. The summed E-state index contributed by atoms with van der Waals surface area (Å²) in [6.45, 7) is 0. The van der Waals surface area contributed by atoms with Crippen molar-refractivity contribution in [2.75, 3.05) is 0 Å². The van der Waals surface area contributed by atoms with Crippen molar-refractivity contribution in [1.29, 1.82) is 0 Å². The Labute approximate surface area is 132 Å². The van der Waals surface area contributed by atoms with Crippen molar-refractivity contribution in [1.82, 2.24) is 10.4 Å². The lowest BCUT2D eigenvalue weighted by Gasteiger charge is -2.02. The van der Waals surface area contributed by atoms with Crippen LogP contribution in [0.2, 0.25) is 0 Å². The Morgan fingerprint density at radius 2 is 2.27 bits per heavy atom. The van der Waals surface area contributed by atoms with Crippen molar-refractivity contribution in [3.63, 3.8) is 0 Å². The highest BCUT2D eigenvalue weighted by Gasteiger charge is 2.13. The minimum Gasteiger partial charge on any atom is -0.506 e. The Hall–Kier alpha value is -2.81. The second-order valence-corrected chi connectivity index (χ2v) is 4.92. The Morgan fingerprint density at radius 1 is 1.50 bits per heavy atom. The van der Waals surface area contributed by atoms with E-state index in [4.69, 9.17) is 0 Å². The Balaban J connectivity index is 2.17. The van der Waals surface area contributed by atoms with Gasteiger partial charge in [0.1, 0.15) is 5.75 Å². The van der Waals surface area contributed by atoms with Gasteiger partial charge in [0.25, 0.3) is 11.6 Å². The van der Waals surface area contributed by atoms with E-state index in [1.807, 2.05) is 0 Å². The molecule has 0 unspecified atom stereocenters. The monoisotopic (exact) mass is 364 g/mol. The topological polar surface area (TPSA) is 118 Å². The molecular weight excluding hydrogens is 356 g/mol. The fraction of sp³-hybridized carbons (Fsp3) is 0. The number of nitrogens with one attached hydrogen (secondary N) is 1. The maximum absolute atomic E-state index is 11.7. The van der Waals surface area contributed by atoms with E-state index in [0.29, 0.717) is 5.56 Å². The van der Waals surface area contributed by atoms with Crippen molar-refractivity contribution >= 4 is 33.7 Å². The van der Waals surface area contributed by atoms with Gasteiger partial charge in [0.05, 0.1) is 21.2 Å². The number of phenols is 1. The number of hydrogen-bond donors (Lipinski definition) is 2. The third kappa shape index (κ3) is 3.64. The molecule has 1 amide bonds. The summed E-state index contributed by atoms with van der Waals surface area (Å²) in [5.41, 5.74) is 2.42. The number of carbonyl (C=O) groups excluding carboxylic acids is 1. The van der Waals surface area contributed by atoms with E-state index >= 15 is 0 Å². The number of phenolic OH excluding ortho intramolecular Hbond substituents is 1. The molecule has 0 fully saturated rings. The smallest absolute Gasteiger partial charge is 0.272 e. The molecule has 2 aromatic rings. The number of carbonyl (C=O) groups is 1. The van der Waals surface area contributed by atoms with Gasteiger partial charge in [-0.2, -0.15) is 5.10 Å². The van der Waals surface area contributed by atoms with Gasteiger partial charge in [-0.15, -0.1) is 0 Å². The molecule has 1 heterocycles. The molecule has 0 saturated heterocycles. The SMILES string of the molecule is O=C(N/N=C\c1cc([N+](=O)[O-])cc(Br)c1O)c1cccnc1. The molecule has 0 aliphatic heterocycles. The maximum atomic E-state index is 11.7. The number of rotatable bonds is 4. The van der Waals surface area contributed by atoms with Crippen molar-refractivity contribution in [3.05, 3.63) is 62.4 Å². The predicted molar refractivity (Wildman–Crippen MR) is 81.8 cm³/mol. The second kappa shape index (κ2) is 6.76. The zero-order valence-electron chi connectivity index (χ0n) is 10.9. The molecule has 0 radical (unpaired) electrons. The molecular formula is C13H9BrN4O4. The van der Waals surface area contributed by atoms with Gasteiger partial charge in [-0.05, 0) is 28.1 Å². The first-order valence-corrected chi connectivity index (χ1v) is 6.68. The first-order valence-electron chi connectivity index (χ1n) is 5.89. The van der Waals surface area contributed by atoms with Gasteiger partial charge in [-0.1, -0.05) is 0 Å². The highest BCUT2D eigenvalue weighted by molar-refractivity contribution is 9.10. The largest absolute Gasteiger partial charge is 0.506 e. The number of pyridine rings is 1. The van der Waals surface area contributed by atoms with Crippen molar-refractivity contribution < 1.29 is 14.8 Å². The number of aromatic hydroxyl groups is 1. The zero-order chi connectivity index (χ0) is 16.1. The highest BCUT2D eigenvalue weighted by atomic mass is 79.9. The molecule has 0 saturated carbocycles. The summed E-state index contributed by atoms with van der Waals surface area (Å²) < 4.78 is 0.154. The average molecular weight is 365 g/mol. The summed E-state index contributed by atoms with van der Waals surface area (Å²) in [7, 11) is 0. The third-order valence-corrected chi connectivity index (χ3v) is 3.19. The lowest BCUT2D eigenvalue weighted by molar-refractivity contribution is -0.385. The van der Waals surface area contributed by atoms with Crippen LogP contribution in [0.3, 0.4) is 0 Å². The molecule has 0 spiro atoms. The van der Waals surface area contributed by atoms with E-state index in [2.05, 4.69) is 31.4 Å². The summed E-state index contributed by atoms with van der Waals surface area (Å²) in [5.74, 6) is -0.710. The minimum absolute atomic E-state index is 0.0903. The zero-order valence-corrected chi connectivity index (χ0v) is 12.5. The van der Waals surface area contributed by atoms with Gasteiger partial charge in [0.15, 0.2) is 0 Å². The van der Waals surface area contributed by atoms with E-state index in [0.717, 1.165) is 12.3 Å². The van der Waals surface area contributed by atoms with Crippen molar-refractivity contribution in [2.45, 2.75) is 0 Å². The lowest BCUT2D eigenvalue weighted by atomic mass is 10.2. The van der Waals surface area contributed by atoms with E-state index in [1.165, 1.54) is 18.5 Å². The van der Waals surface area contributed by atoms with E-state index in [1.54, 1.807) is 12.1 Å². The summed E-state index contributed by atoms with van der Waals surface area (Å²) >= 11 is 3.01. The molecule has 2 N–H and O–H groups in total. The molecule has 0 aliphatic carbocycles. The first-order chi connectivity index (χ1) is 10.5. The number of hydrogen-bond acceptors (Lipinski definition) is 6. The van der Waals surface area contributed by atoms with Crippen LogP contribution in [-0.2, 0) is 0 Å². The molecule has 1 aromatic carbocycles. The summed E-state index contributed by atoms with van der Waals surface area (Å²) in [5, 5.41) is 24.2. The van der Waals surface area contributed by atoms with Crippen LogP contribution < -0.4 is 5.43 Å². The van der Waals surface area contributed by atoms with Crippen LogP contribution in [0.5, 0.6) is 5.75 Å². The van der Waals surface area contributed by atoms with E-state index in [-0.39, 0.29) is 21.5 Å². The van der Waals surface area contributed by atoms with Crippen LogP contribution in [0.1, 0.15) is 15.9 Å². The van der Waals surface area contributed by atoms with Crippen LogP contribution in [0.4, 0.5) is 5.69 Å². The number of nitro benzene ring substituents is 1. The van der Waals surface area contributed by atoms with Gasteiger partial charge in [0, 0.05) is 30.1 Å². The van der Waals surface area contributed by atoms with Crippen molar-refractivity contribution in [2.24, 2.45) is 5.10 Å². The molecule has 0 aliphatic rings. The van der Waals surface area contributed by atoms with Crippen molar-refractivity contribution in [3.8, 4) is 5.75 Å². The number of benzene rings is 1. The Kier molecular flexibility index (Phi) is 4.79. The number of amides is 1. The molecule has 8 nitrogen and oxygen atoms in total. The summed E-state index contributed by atoms with van der Waals surface area (Å²) in [4.78, 5) is 25.7. The highest BCUT2D eigenvalue weighted by Crippen LogP contribution is 2.31. The predicted octanol–water partition coefficient (Wildman–Crippen LogP) is 2.22. The quantitative estimate of drug-likeness (QED) is 0.489. The number of aromatic nitrogens is 1. The van der Waals surface area contributed by atoms with E-state index in [9.17, 15) is 20.0 Å². The fourth-order valence-corrected chi connectivity index (χ4v) is 1.99. The standard InChI is InChI=1S/C13H9BrN4O4/c14-11-5-10(18(21)22)4-9(12(11)19)7-16-17-13(20)8-2-1-3-15-6-8/h1-7,19H,(H,17,20)/b16-7-.